The van der Waals surface area contributed by atoms with Crippen LogP contribution in [0.5, 0.6) is 0 Å². The SMILES string of the molecule is CCOC(=O)C1C(=O)C[C@H]2CN(C(=O)OC(C)(C)C)C[C@@H]1N2C.O=C(O)[C@H](O)[C@@H](O)C(=O)O. The number of nitrogens with zero attached hydrogens (tertiary/aromatic N) is 2. The molecule has 0 spiro atoms. The van der Waals surface area contributed by atoms with E-state index in [1.165, 1.54) is 0 Å². The summed E-state index contributed by atoms with van der Waals surface area (Å²) in [7, 11) is 1.89. The van der Waals surface area contributed by atoms with Gasteiger partial charge in [0.25, 0.3) is 0 Å². The summed E-state index contributed by atoms with van der Waals surface area (Å²) < 4.78 is 10.5. The van der Waals surface area contributed by atoms with E-state index in [2.05, 4.69) is 0 Å². The molecule has 188 valence electrons. The molecule has 0 aromatic carbocycles. The third-order valence-electron chi connectivity index (χ3n) is 5.10. The van der Waals surface area contributed by atoms with Crippen LogP contribution in [0.4, 0.5) is 4.79 Å². The molecule has 33 heavy (non-hydrogen) atoms. The molecule has 1 amide bonds. The van der Waals surface area contributed by atoms with Crippen molar-refractivity contribution in [3.05, 3.63) is 0 Å². The molecule has 4 N–H and O–H groups in total. The number of ether oxygens (including phenoxy) is 2. The number of Topliss-reactive ketones (excluding diaryl/α,β-unsaturated/α-hetero) is 1. The van der Waals surface area contributed by atoms with Gasteiger partial charge in [-0.1, -0.05) is 0 Å². The highest BCUT2D eigenvalue weighted by molar-refractivity contribution is 6.01. The molecular formula is C20H32N2O11. The normalized spacial score (nSPS) is 24.6. The molecule has 13 nitrogen and oxygen atoms in total. The largest absolute Gasteiger partial charge is 0.479 e. The molecule has 2 fully saturated rings. The Balaban J connectivity index is 0.000000461. The molecule has 13 heteroatoms. The Morgan fingerprint density at radius 2 is 1.58 bits per heavy atom. The van der Waals surface area contributed by atoms with Gasteiger partial charge in [0.1, 0.15) is 17.3 Å². The number of fused-ring (bicyclic) bond motifs is 2. The lowest BCUT2D eigenvalue weighted by molar-refractivity contribution is -0.165. The van der Waals surface area contributed by atoms with Crippen molar-refractivity contribution >= 4 is 29.8 Å². The minimum Gasteiger partial charge on any atom is -0.479 e. The van der Waals surface area contributed by atoms with Crippen LogP contribution in [0.25, 0.3) is 0 Å². The Bertz CT molecular complexity index is 738. The summed E-state index contributed by atoms with van der Waals surface area (Å²) in [6.07, 6.45) is -4.69. The van der Waals surface area contributed by atoms with E-state index < -0.39 is 47.7 Å². The molecule has 5 atom stereocenters. The summed E-state index contributed by atoms with van der Waals surface area (Å²) in [5.41, 5.74) is -0.577. The second kappa shape index (κ2) is 11.4. The quantitative estimate of drug-likeness (QED) is 0.278. The number of esters is 1. The van der Waals surface area contributed by atoms with E-state index in [4.69, 9.17) is 29.9 Å². The van der Waals surface area contributed by atoms with Crippen LogP contribution < -0.4 is 0 Å². The highest BCUT2D eigenvalue weighted by atomic mass is 16.6. The minimum absolute atomic E-state index is 0.0838. The topological polar surface area (TPSA) is 191 Å². The smallest absolute Gasteiger partial charge is 0.410 e. The summed E-state index contributed by atoms with van der Waals surface area (Å²) in [6.45, 7) is 8.11. The number of aliphatic hydroxyl groups is 2. The van der Waals surface area contributed by atoms with Crippen molar-refractivity contribution in [3.8, 4) is 0 Å². The summed E-state index contributed by atoms with van der Waals surface area (Å²) in [5.74, 6) is -4.97. The molecule has 0 saturated carbocycles. The minimum atomic E-state index is -2.27. The summed E-state index contributed by atoms with van der Waals surface area (Å²) in [5, 5.41) is 32.5. The monoisotopic (exact) mass is 476 g/mol. The number of carboxylic acids is 2. The van der Waals surface area contributed by atoms with E-state index in [-0.39, 0.29) is 37.4 Å². The average molecular weight is 476 g/mol. The molecule has 2 saturated heterocycles. The Morgan fingerprint density at radius 1 is 1.06 bits per heavy atom. The summed E-state index contributed by atoms with van der Waals surface area (Å²) in [6, 6.07) is -0.444. The standard InChI is InChI=1S/C16H26N2O5.C4H6O6/c1-6-22-14(20)13-11-9-18(15(21)23-16(2,3)4)8-10(17(11)5)7-12(13)19;5-1(3(7)8)2(6)4(9)10/h10-11,13H,6-9H2,1-5H3;1-2,5-6H,(H,7,8)(H,9,10)/t10-,11-,13?;1-,2-/m01/s1. The zero-order valence-electron chi connectivity index (χ0n) is 19.3. The van der Waals surface area contributed by atoms with Crippen molar-refractivity contribution in [1.82, 2.24) is 9.80 Å². The molecule has 0 aromatic heterocycles. The molecule has 2 aliphatic rings. The van der Waals surface area contributed by atoms with Gasteiger partial charge in [-0.25, -0.2) is 14.4 Å². The van der Waals surface area contributed by atoms with Gasteiger partial charge in [0.05, 0.1) is 6.61 Å². The number of hydrogen-bond acceptors (Lipinski definition) is 10. The zero-order chi connectivity index (χ0) is 25.7. The van der Waals surface area contributed by atoms with E-state index in [1.54, 1.807) is 11.8 Å². The number of rotatable bonds is 5. The molecule has 2 heterocycles. The lowest BCUT2D eigenvalue weighted by Crippen LogP contribution is -2.67. The number of likely N-dealkylation sites (N-methyl/N-ethyl adjacent to an activating group) is 1. The highest BCUT2D eigenvalue weighted by Crippen LogP contribution is 2.31. The predicted molar refractivity (Wildman–Crippen MR) is 110 cm³/mol. The number of carboxylic acid groups (broad SMARTS) is 2. The summed E-state index contributed by atoms with van der Waals surface area (Å²) >= 11 is 0. The Morgan fingerprint density at radius 3 is 2.00 bits per heavy atom. The molecule has 0 radical (unpaired) electrons. The van der Waals surface area contributed by atoms with E-state index >= 15 is 0 Å². The van der Waals surface area contributed by atoms with Gasteiger partial charge in [0.15, 0.2) is 12.2 Å². The maximum atomic E-state index is 12.3. The van der Waals surface area contributed by atoms with Crippen LogP contribution in [-0.4, -0.2) is 117 Å². The van der Waals surface area contributed by atoms with Gasteiger partial charge in [0.2, 0.25) is 0 Å². The number of piperidine rings is 1. The van der Waals surface area contributed by atoms with E-state index in [1.807, 2.05) is 32.7 Å². The van der Waals surface area contributed by atoms with Crippen molar-refractivity contribution in [3.63, 3.8) is 0 Å². The number of ketones is 1. The second-order valence-electron chi connectivity index (χ2n) is 8.74. The van der Waals surface area contributed by atoms with Gasteiger partial charge in [0, 0.05) is 31.6 Å². The number of hydrogen-bond donors (Lipinski definition) is 4. The van der Waals surface area contributed by atoms with Gasteiger partial charge >= 0.3 is 24.0 Å². The van der Waals surface area contributed by atoms with Crippen molar-refractivity contribution in [1.29, 1.82) is 0 Å². The van der Waals surface area contributed by atoms with Crippen molar-refractivity contribution in [2.75, 3.05) is 26.7 Å². The zero-order valence-corrected chi connectivity index (χ0v) is 19.3. The number of carbonyl (C=O) groups excluding carboxylic acids is 3. The lowest BCUT2D eigenvalue weighted by atomic mass is 9.81. The van der Waals surface area contributed by atoms with Gasteiger partial charge in [-0.05, 0) is 34.7 Å². The van der Waals surface area contributed by atoms with Crippen LogP contribution in [0.1, 0.15) is 34.1 Å². The number of amides is 1. The van der Waals surface area contributed by atoms with Crippen LogP contribution in [0, 0.1) is 5.92 Å². The molecular weight excluding hydrogens is 444 g/mol. The fraction of sp³-hybridized carbons (Fsp3) is 0.750. The van der Waals surface area contributed by atoms with Crippen molar-refractivity contribution in [2.24, 2.45) is 5.92 Å². The molecule has 2 bridgehead atoms. The van der Waals surface area contributed by atoms with Crippen LogP contribution in [-0.2, 0) is 28.7 Å². The number of piperazine rings is 1. The summed E-state index contributed by atoms with van der Waals surface area (Å²) in [4.78, 5) is 59.9. The molecule has 2 aliphatic heterocycles. The second-order valence-corrected chi connectivity index (χ2v) is 8.74. The number of aliphatic carboxylic acids is 2. The maximum absolute atomic E-state index is 12.3. The Labute approximate surface area is 190 Å². The van der Waals surface area contributed by atoms with E-state index in [0.29, 0.717) is 6.54 Å². The average Bonchev–Trinajstić information content (AvgIpc) is 2.67. The third kappa shape index (κ3) is 7.65. The fourth-order valence-corrected chi connectivity index (χ4v) is 3.47. The maximum Gasteiger partial charge on any atom is 0.410 e. The predicted octanol–water partition coefficient (Wildman–Crippen LogP) is -1.06. The van der Waals surface area contributed by atoms with Gasteiger partial charge in [-0.15, -0.1) is 0 Å². The van der Waals surface area contributed by atoms with Crippen molar-refractivity contribution in [2.45, 2.75) is 64.0 Å². The Hall–Kier alpha value is -2.77. The van der Waals surface area contributed by atoms with E-state index in [0.717, 1.165) is 0 Å². The Kier molecular flexibility index (Phi) is 9.75. The first-order valence-corrected chi connectivity index (χ1v) is 10.3. The van der Waals surface area contributed by atoms with Crippen LogP contribution in [0.2, 0.25) is 0 Å². The van der Waals surface area contributed by atoms with Gasteiger partial charge in [-0.2, -0.15) is 0 Å². The van der Waals surface area contributed by atoms with Crippen molar-refractivity contribution < 1.29 is 53.9 Å². The van der Waals surface area contributed by atoms with Gasteiger partial charge < -0.3 is 34.8 Å². The van der Waals surface area contributed by atoms with E-state index in [9.17, 15) is 24.0 Å². The van der Waals surface area contributed by atoms with Crippen LogP contribution in [0.3, 0.4) is 0 Å². The first kappa shape index (κ1) is 28.3. The number of likely N-dealkylation sites (tertiary alicyclic amines) is 1. The fourth-order valence-electron chi connectivity index (χ4n) is 3.47. The van der Waals surface area contributed by atoms with Crippen LogP contribution >= 0.6 is 0 Å². The molecule has 0 aromatic rings. The van der Waals surface area contributed by atoms with Gasteiger partial charge in [-0.3, -0.25) is 14.5 Å². The highest BCUT2D eigenvalue weighted by Gasteiger charge is 2.50. The first-order valence-electron chi connectivity index (χ1n) is 10.3. The first-order chi connectivity index (χ1) is 15.1. The lowest BCUT2D eigenvalue weighted by Gasteiger charge is -2.49. The molecule has 1 unspecified atom stereocenters. The molecule has 2 rings (SSSR count). The molecule has 0 aliphatic carbocycles. The third-order valence-corrected chi connectivity index (χ3v) is 5.10. The number of aliphatic hydroxyl groups excluding tert-OH is 2. The number of carbonyl (C=O) groups is 5. The van der Waals surface area contributed by atoms with Crippen LogP contribution in [0.15, 0.2) is 0 Å².